The van der Waals surface area contributed by atoms with Crippen LogP contribution in [0, 0.1) is 6.92 Å². The molecule has 0 saturated heterocycles. The van der Waals surface area contributed by atoms with E-state index in [9.17, 15) is 4.79 Å². The number of aliphatic carboxylic acids is 1. The van der Waals surface area contributed by atoms with Crippen LogP contribution in [-0.2, 0) is 17.8 Å². The van der Waals surface area contributed by atoms with Crippen LogP contribution in [0.3, 0.4) is 0 Å². The Morgan fingerprint density at radius 2 is 2.04 bits per heavy atom. The molecule has 0 unspecified atom stereocenters. The molecule has 4 rings (SSSR count). The number of oxazole rings is 1. The summed E-state index contributed by atoms with van der Waals surface area (Å²) >= 11 is 0. The van der Waals surface area contributed by atoms with E-state index in [0.717, 1.165) is 22.4 Å². The zero-order valence-corrected chi connectivity index (χ0v) is 15.3. The molecule has 0 radical (unpaired) electrons. The summed E-state index contributed by atoms with van der Waals surface area (Å²) in [6.07, 6.45) is 3.92. The quantitative estimate of drug-likeness (QED) is 0.528. The Kier molecular flexibility index (Phi) is 4.80. The highest BCUT2D eigenvalue weighted by Gasteiger charge is 2.13. The number of carboxylic acids is 1. The van der Waals surface area contributed by atoms with Crippen molar-refractivity contribution in [1.82, 2.24) is 14.5 Å². The lowest BCUT2D eigenvalue weighted by Crippen LogP contribution is -2.08. The molecule has 28 heavy (non-hydrogen) atoms. The molecule has 0 fully saturated rings. The fourth-order valence-electron chi connectivity index (χ4n) is 3.09. The van der Waals surface area contributed by atoms with Gasteiger partial charge in [-0.25, -0.2) is 9.97 Å². The first-order chi connectivity index (χ1) is 13.6. The largest absolute Gasteiger partial charge is 0.492 e. The molecule has 0 bridgehead atoms. The normalized spacial score (nSPS) is 11.0. The van der Waals surface area contributed by atoms with Crippen molar-refractivity contribution in [1.29, 1.82) is 0 Å². The van der Waals surface area contributed by atoms with E-state index in [0.29, 0.717) is 30.3 Å². The number of rotatable bonds is 7. The molecule has 0 aliphatic carbocycles. The number of aromatic nitrogens is 3. The first-order valence-electron chi connectivity index (χ1n) is 8.92. The van der Waals surface area contributed by atoms with Gasteiger partial charge in [0.05, 0.1) is 17.7 Å². The van der Waals surface area contributed by atoms with Gasteiger partial charge in [-0.3, -0.25) is 4.79 Å². The summed E-state index contributed by atoms with van der Waals surface area (Å²) in [4.78, 5) is 19.8. The highest BCUT2D eigenvalue weighted by atomic mass is 16.5. The van der Waals surface area contributed by atoms with Crippen LogP contribution in [-0.4, -0.2) is 32.2 Å². The van der Waals surface area contributed by atoms with Gasteiger partial charge in [0, 0.05) is 24.4 Å². The molecule has 7 nitrogen and oxygen atoms in total. The second-order valence-electron chi connectivity index (χ2n) is 6.37. The Morgan fingerprint density at radius 1 is 1.21 bits per heavy atom. The minimum Gasteiger partial charge on any atom is -0.492 e. The predicted molar refractivity (Wildman–Crippen MR) is 103 cm³/mol. The standard InChI is InChI=1S/C21H19N3O4/c1-14-17(23-21(28-14)15-5-3-2-4-6-15)9-12-27-18-7-10-22-20-16(18)8-11-24(20)13-19(25)26/h2-8,10-11H,9,12-13H2,1H3,(H,25,26). The third-order valence-electron chi connectivity index (χ3n) is 4.44. The number of hydrogen-bond acceptors (Lipinski definition) is 5. The summed E-state index contributed by atoms with van der Waals surface area (Å²) < 4.78 is 13.3. The van der Waals surface area contributed by atoms with E-state index in [1.165, 1.54) is 0 Å². The van der Waals surface area contributed by atoms with Crippen molar-refractivity contribution >= 4 is 17.0 Å². The van der Waals surface area contributed by atoms with Crippen molar-refractivity contribution in [2.45, 2.75) is 19.9 Å². The number of hydrogen-bond donors (Lipinski definition) is 1. The van der Waals surface area contributed by atoms with E-state index in [1.54, 1.807) is 23.0 Å². The lowest BCUT2D eigenvalue weighted by molar-refractivity contribution is -0.137. The van der Waals surface area contributed by atoms with Crippen molar-refractivity contribution in [3.8, 4) is 17.2 Å². The number of carbonyl (C=O) groups is 1. The van der Waals surface area contributed by atoms with Crippen molar-refractivity contribution < 1.29 is 19.1 Å². The fraction of sp³-hybridized carbons (Fsp3) is 0.190. The van der Waals surface area contributed by atoms with E-state index < -0.39 is 5.97 Å². The number of carboxylic acid groups (broad SMARTS) is 1. The van der Waals surface area contributed by atoms with Gasteiger partial charge in [-0.15, -0.1) is 0 Å². The molecule has 0 aliphatic rings. The third-order valence-corrected chi connectivity index (χ3v) is 4.44. The Balaban J connectivity index is 1.47. The van der Waals surface area contributed by atoms with Gasteiger partial charge in [0.1, 0.15) is 23.7 Å². The molecule has 142 valence electrons. The van der Waals surface area contributed by atoms with Crippen LogP contribution < -0.4 is 4.74 Å². The minimum absolute atomic E-state index is 0.139. The van der Waals surface area contributed by atoms with Gasteiger partial charge in [-0.1, -0.05) is 18.2 Å². The number of benzene rings is 1. The zero-order chi connectivity index (χ0) is 19.5. The molecule has 0 atom stereocenters. The summed E-state index contributed by atoms with van der Waals surface area (Å²) in [5.41, 5.74) is 2.38. The Morgan fingerprint density at radius 3 is 2.82 bits per heavy atom. The smallest absolute Gasteiger partial charge is 0.323 e. The van der Waals surface area contributed by atoms with Crippen molar-refractivity contribution in [3.05, 3.63) is 66.3 Å². The van der Waals surface area contributed by atoms with Crippen LogP contribution in [0.15, 0.2) is 59.3 Å². The predicted octanol–water partition coefficient (Wildman–Crippen LogP) is 3.71. The molecule has 0 spiro atoms. The molecule has 0 aliphatic heterocycles. The summed E-state index contributed by atoms with van der Waals surface area (Å²) in [5, 5.41) is 9.78. The lowest BCUT2D eigenvalue weighted by atomic mass is 10.2. The summed E-state index contributed by atoms with van der Waals surface area (Å²) in [7, 11) is 0. The van der Waals surface area contributed by atoms with E-state index >= 15 is 0 Å². The molecule has 0 saturated carbocycles. The van der Waals surface area contributed by atoms with E-state index in [2.05, 4.69) is 9.97 Å². The van der Waals surface area contributed by atoms with E-state index in [1.807, 2.05) is 43.3 Å². The van der Waals surface area contributed by atoms with Crippen LogP contribution in [0.4, 0.5) is 0 Å². The van der Waals surface area contributed by atoms with Crippen LogP contribution in [0.5, 0.6) is 5.75 Å². The Labute approximate surface area is 161 Å². The molecule has 3 heterocycles. The third kappa shape index (κ3) is 3.59. The van der Waals surface area contributed by atoms with Gasteiger partial charge in [0.25, 0.3) is 0 Å². The monoisotopic (exact) mass is 377 g/mol. The molecule has 1 N–H and O–H groups in total. The maximum absolute atomic E-state index is 11.0. The Hall–Kier alpha value is -3.61. The van der Waals surface area contributed by atoms with Gasteiger partial charge < -0.3 is 18.8 Å². The van der Waals surface area contributed by atoms with Crippen LogP contribution in [0.2, 0.25) is 0 Å². The van der Waals surface area contributed by atoms with E-state index in [-0.39, 0.29) is 6.54 Å². The van der Waals surface area contributed by atoms with Gasteiger partial charge in [0.15, 0.2) is 0 Å². The maximum Gasteiger partial charge on any atom is 0.323 e. The lowest BCUT2D eigenvalue weighted by Gasteiger charge is -2.07. The second-order valence-corrected chi connectivity index (χ2v) is 6.37. The highest BCUT2D eigenvalue weighted by molar-refractivity contribution is 5.84. The van der Waals surface area contributed by atoms with Crippen molar-refractivity contribution in [2.75, 3.05) is 6.61 Å². The topological polar surface area (TPSA) is 90.4 Å². The van der Waals surface area contributed by atoms with Crippen LogP contribution in [0.25, 0.3) is 22.5 Å². The first kappa shape index (κ1) is 17.8. The second kappa shape index (κ2) is 7.56. The first-order valence-corrected chi connectivity index (χ1v) is 8.92. The molecule has 1 aromatic carbocycles. The van der Waals surface area contributed by atoms with Crippen LogP contribution >= 0.6 is 0 Å². The average Bonchev–Trinajstić information content (AvgIpc) is 3.27. The molecule has 7 heteroatoms. The number of nitrogens with zero attached hydrogens (tertiary/aromatic N) is 3. The van der Waals surface area contributed by atoms with Gasteiger partial charge in [-0.05, 0) is 31.2 Å². The maximum atomic E-state index is 11.0. The molecular weight excluding hydrogens is 358 g/mol. The number of fused-ring (bicyclic) bond motifs is 1. The van der Waals surface area contributed by atoms with Gasteiger partial charge >= 0.3 is 5.97 Å². The van der Waals surface area contributed by atoms with Gasteiger partial charge in [0.2, 0.25) is 5.89 Å². The summed E-state index contributed by atoms with van der Waals surface area (Å²) in [6.45, 7) is 2.18. The van der Waals surface area contributed by atoms with Crippen molar-refractivity contribution in [2.24, 2.45) is 0 Å². The zero-order valence-electron chi connectivity index (χ0n) is 15.3. The average molecular weight is 377 g/mol. The number of aryl methyl sites for hydroxylation is 1. The molecule has 3 aromatic heterocycles. The Bertz CT molecular complexity index is 1120. The van der Waals surface area contributed by atoms with E-state index in [4.69, 9.17) is 14.3 Å². The number of pyridine rings is 1. The minimum atomic E-state index is -0.915. The fourth-order valence-corrected chi connectivity index (χ4v) is 3.09. The number of ether oxygens (including phenoxy) is 1. The summed E-state index contributed by atoms with van der Waals surface area (Å²) in [6, 6.07) is 13.4. The molecular formula is C21H19N3O4. The van der Waals surface area contributed by atoms with Crippen molar-refractivity contribution in [3.63, 3.8) is 0 Å². The van der Waals surface area contributed by atoms with Crippen LogP contribution in [0.1, 0.15) is 11.5 Å². The molecule has 4 aromatic rings. The van der Waals surface area contributed by atoms with Gasteiger partial charge in [-0.2, -0.15) is 0 Å². The SMILES string of the molecule is Cc1oc(-c2ccccc2)nc1CCOc1ccnc2c1ccn2CC(=O)O. The molecule has 0 amide bonds. The highest BCUT2D eigenvalue weighted by Crippen LogP contribution is 2.26. The summed E-state index contributed by atoms with van der Waals surface area (Å²) in [5.74, 6) is 1.13.